The van der Waals surface area contributed by atoms with Crippen molar-refractivity contribution in [1.82, 2.24) is 9.80 Å². The summed E-state index contributed by atoms with van der Waals surface area (Å²) in [5, 5.41) is 17.6. The molecule has 18 heavy (non-hydrogen) atoms. The highest BCUT2D eigenvalue weighted by atomic mass is 16.4. The van der Waals surface area contributed by atoms with Crippen LogP contribution in [-0.4, -0.2) is 60.1 Å². The summed E-state index contributed by atoms with van der Waals surface area (Å²) >= 11 is 0. The molecule has 1 saturated heterocycles. The van der Waals surface area contributed by atoms with E-state index in [2.05, 4.69) is 15.9 Å². The minimum Gasteiger partial charge on any atom is -0.481 e. The normalized spacial score (nSPS) is 18.5. The molecule has 0 aromatic rings. The summed E-state index contributed by atoms with van der Waals surface area (Å²) in [6.07, 6.45) is 1.11. The minimum absolute atomic E-state index is 0.224. The lowest BCUT2D eigenvalue weighted by Gasteiger charge is -2.35. The van der Waals surface area contributed by atoms with E-state index < -0.39 is 5.97 Å². The minimum atomic E-state index is -0.729. The van der Waals surface area contributed by atoms with Gasteiger partial charge in [0.2, 0.25) is 0 Å². The Morgan fingerprint density at radius 3 is 2.17 bits per heavy atom. The molecule has 0 unspecified atom stereocenters. The second-order valence-electron chi connectivity index (χ2n) is 5.57. The van der Waals surface area contributed by atoms with Crippen LogP contribution in [0.3, 0.4) is 0 Å². The first-order chi connectivity index (χ1) is 8.43. The molecule has 0 aromatic carbocycles. The van der Waals surface area contributed by atoms with Crippen LogP contribution in [0.15, 0.2) is 0 Å². The molecule has 5 nitrogen and oxygen atoms in total. The van der Waals surface area contributed by atoms with Gasteiger partial charge in [-0.3, -0.25) is 4.79 Å². The number of carboxylic acids is 1. The van der Waals surface area contributed by atoms with Gasteiger partial charge in [-0.25, -0.2) is 0 Å². The summed E-state index contributed by atoms with van der Waals surface area (Å²) in [4.78, 5) is 15.0. The highest BCUT2D eigenvalue weighted by Gasteiger charge is 2.21. The number of carbonyl (C=O) groups is 1. The second-order valence-corrected chi connectivity index (χ2v) is 5.57. The number of rotatable bonds is 6. The van der Waals surface area contributed by atoms with E-state index in [4.69, 9.17) is 10.4 Å². The average Bonchev–Trinajstić information content (AvgIpc) is 2.35. The summed E-state index contributed by atoms with van der Waals surface area (Å²) in [6.45, 7) is 9.34. The molecule has 1 rings (SSSR count). The molecule has 5 heteroatoms. The third kappa shape index (κ3) is 5.48. The first kappa shape index (κ1) is 14.9. The fraction of sp³-hybridized carbons (Fsp3) is 0.846. The Kier molecular flexibility index (Phi) is 5.57. The zero-order chi connectivity index (χ0) is 13.6. The molecule has 0 aliphatic carbocycles. The standard InChI is InChI=1S/C13H23N3O2/c1-13(2,11-14)4-6-16-9-7-15(8-10-16)5-3-12(17)18/h3-10H2,1-2H3,(H,17,18). The van der Waals surface area contributed by atoms with Gasteiger partial charge >= 0.3 is 5.97 Å². The maximum Gasteiger partial charge on any atom is 0.304 e. The number of piperazine rings is 1. The maximum absolute atomic E-state index is 10.5. The Labute approximate surface area is 109 Å². The zero-order valence-electron chi connectivity index (χ0n) is 11.4. The van der Waals surface area contributed by atoms with E-state index in [0.29, 0.717) is 6.54 Å². The Morgan fingerprint density at radius 2 is 1.72 bits per heavy atom. The molecule has 0 amide bonds. The molecule has 0 atom stereocenters. The quantitative estimate of drug-likeness (QED) is 0.765. The van der Waals surface area contributed by atoms with Crippen LogP contribution in [0.25, 0.3) is 0 Å². The van der Waals surface area contributed by atoms with Crippen LogP contribution in [-0.2, 0) is 4.79 Å². The average molecular weight is 253 g/mol. The van der Waals surface area contributed by atoms with Crippen LogP contribution in [0.2, 0.25) is 0 Å². The first-order valence-electron chi connectivity index (χ1n) is 6.51. The van der Waals surface area contributed by atoms with Gasteiger partial charge < -0.3 is 14.9 Å². The molecule has 0 saturated carbocycles. The third-order valence-corrected chi connectivity index (χ3v) is 3.46. The SMILES string of the molecule is CC(C)(C#N)CCN1CCN(CCC(=O)O)CC1. The van der Waals surface area contributed by atoms with Crippen molar-refractivity contribution in [3.05, 3.63) is 0 Å². The Bertz CT molecular complexity index is 315. The van der Waals surface area contributed by atoms with Crippen molar-refractivity contribution in [2.24, 2.45) is 5.41 Å². The maximum atomic E-state index is 10.5. The van der Waals surface area contributed by atoms with Gasteiger partial charge in [-0.15, -0.1) is 0 Å². The van der Waals surface area contributed by atoms with E-state index in [1.54, 1.807) is 0 Å². The zero-order valence-corrected chi connectivity index (χ0v) is 11.4. The summed E-state index contributed by atoms with van der Waals surface area (Å²) in [6, 6.07) is 2.32. The van der Waals surface area contributed by atoms with Crippen LogP contribution in [0, 0.1) is 16.7 Å². The van der Waals surface area contributed by atoms with Crippen molar-refractivity contribution in [3.8, 4) is 6.07 Å². The van der Waals surface area contributed by atoms with Crippen LogP contribution in [0.4, 0.5) is 0 Å². The molecule has 102 valence electrons. The van der Waals surface area contributed by atoms with Crippen molar-refractivity contribution in [2.75, 3.05) is 39.3 Å². The fourth-order valence-corrected chi connectivity index (χ4v) is 1.98. The lowest BCUT2D eigenvalue weighted by molar-refractivity contribution is -0.137. The summed E-state index contributed by atoms with van der Waals surface area (Å²) in [7, 11) is 0. The molecule has 1 heterocycles. The van der Waals surface area contributed by atoms with Crippen molar-refractivity contribution >= 4 is 5.97 Å². The predicted octanol–water partition coefficient (Wildman–Crippen LogP) is 1.02. The van der Waals surface area contributed by atoms with Gasteiger partial charge in [0.1, 0.15) is 0 Å². The monoisotopic (exact) mass is 253 g/mol. The van der Waals surface area contributed by atoms with Crippen LogP contribution in [0.1, 0.15) is 26.7 Å². The largest absolute Gasteiger partial charge is 0.481 e. The highest BCUT2D eigenvalue weighted by Crippen LogP contribution is 2.19. The van der Waals surface area contributed by atoms with Gasteiger partial charge in [-0.1, -0.05) is 0 Å². The number of hydrogen-bond acceptors (Lipinski definition) is 4. The number of carboxylic acid groups (broad SMARTS) is 1. The lowest BCUT2D eigenvalue weighted by Crippen LogP contribution is -2.47. The van der Waals surface area contributed by atoms with E-state index in [1.165, 1.54) is 0 Å². The van der Waals surface area contributed by atoms with E-state index in [1.807, 2.05) is 13.8 Å². The van der Waals surface area contributed by atoms with Gasteiger partial charge in [-0.2, -0.15) is 5.26 Å². The van der Waals surface area contributed by atoms with Crippen molar-refractivity contribution < 1.29 is 9.90 Å². The second kappa shape index (κ2) is 6.72. The molecule has 1 N–H and O–H groups in total. The van der Waals surface area contributed by atoms with Crippen molar-refractivity contribution in [2.45, 2.75) is 26.7 Å². The van der Waals surface area contributed by atoms with Crippen LogP contribution < -0.4 is 0 Å². The Morgan fingerprint density at radius 1 is 1.22 bits per heavy atom. The van der Waals surface area contributed by atoms with Crippen LogP contribution in [0.5, 0.6) is 0 Å². The molecule has 1 aliphatic rings. The smallest absolute Gasteiger partial charge is 0.304 e. The molecule has 0 bridgehead atoms. The van der Waals surface area contributed by atoms with Crippen molar-refractivity contribution in [1.29, 1.82) is 5.26 Å². The highest BCUT2D eigenvalue weighted by molar-refractivity contribution is 5.66. The number of hydrogen-bond donors (Lipinski definition) is 1. The van der Waals surface area contributed by atoms with Gasteiger partial charge in [0, 0.05) is 32.7 Å². The van der Waals surface area contributed by atoms with E-state index >= 15 is 0 Å². The summed E-state index contributed by atoms with van der Waals surface area (Å²) < 4.78 is 0. The van der Waals surface area contributed by atoms with E-state index in [-0.39, 0.29) is 11.8 Å². The summed E-state index contributed by atoms with van der Waals surface area (Å²) in [5.41, 5.74) is -0.250. The molecule has 1 aliphatic heterocycles. The molecule has 1 fully saturated rings. The first-order valence-corrected chi connectivity index (χ1v) is 6.51. The number of aliphatic carboxylic acids is 1. The fourth-order valence-electron chi connectivity index (χ4n) is 1.98. The molecule has 0 spiro atoms. The van der Waals surface area contributed by atoms with Gasteiger partial charge in [-0.05, 0) is 26.8 Å². The van der Waals surface area contributed by atoms with E-state index in [0.717, 1.165) is 39.1 Å². The number of nitriles is 1. The van der Waals surface area contributed by atoms with Gasteiger partial charge in [0.05, 0.1) is 17.9 Å². The number of nitrogens with zero attached hydrogens (tertiary/aromatic N) is 3. The Balaban J connectivity index is 2.20. The molecular formula is C13H23N3O2. The van der Waals surface area contributed by atoms with Gasteiger partial charge in [0.15, 0.2) is 0 Å². The summed E-state index contributed by atoms with van der Waals surface area (Å²) in [5.74, 6) is -0.729. The van der Waals surface area contributed by atoms with Crippen LogP contribution >= 0.6 is 0 Å². The molecular weight excluding hydrogens is 230 g/mol. The molecule has 0 radical (unpaired) electrons. The lowest BCUT2D eigenvalue weighted by atomic mass is 9.91. The molecule has 0 aromatic heterocycles. The topological polar surface area (TPSA) is 67.6 Å². The third-order valence-electron chi connectivity index (χ3n) is 3.46. The van der Waals surface area contributed by atoms with E-state index in [9.17, 15) is 4.79 Å². The van der Waals surface area contributed by atoms with Gasteiger partial charge in [0.25, 0.3) is 0 Å². The Hall–Kier alpha value is -1.12. The van der Waals surface area contributed by atoms with Crippen molar-refractivity contribution in [3.63, 3.8) is 0 Å². The predicted molar refractivity (Wildman–Crippen MR) is 69.1 cm³/mol.